The van der Waals surface area contributed by atoms with E-state index in [4.69, 9.17) is 16.3 Å². The Hall–Kier alpha value is -3.08. The van der Waals surface area contributed by atoms with Crippen LogP contribution < -0.4 is 14.4 Å². The molecule has 1 aliphatic rings. The number of anilines is 1. The summed E-state index contributed by atoms with van der Waals surface area (Å²) in [4.78, 5) is 29.1. The lowest BCUT2D eigenvalue weighted by atomic mass is 9.95. The lowest BCUT2D eigenvalue weighted by Crippen LogP contribution is -2.53. The quantitative estimate of drug-likeness (QED) is 0.249. The predicted molar refractivity (Wildman–Crippen MR) is 173 cm³/mol. The number of hydrogen-bond donors (Lipinski definition) is 1. The van der Waals surface area contributed by atoms with Gasteiger partial charge in [0.2, 0.25) is 11.8 Å². The molecule has 43 heavy (non-hydrogen) atoms. The number of nitrogens with zero attached hydrogens (tertiary/aromatic N) is 2. The van der Waals surface area contributed by atoms with Crippen LogP contribution in [0.4, 0.5) is 5.69 Å². The Bertz CT molecular complexity index is 1530. The average molecular weight is 691 g/mol. The molecule has 0 spiro atoms. The van der Waals surface area contributed by atoms with Crippen LogP contribution in [0.1, 0.15) is 50.2 Å². The highest BCUT2D eigenvalue weighted by molar-refractivity contribution is 9.10. The number of amides is 2. The molecule has 1 aliphatic carbocycles. The van der Waals surface area contributed by atoms with Gasteiger partial charge in [0, 0.05) is 22.1 Å². The first-order valence-electron chi connectivity index (χ1n) is 14.3. The Labute approximate surface area is 267 Å². The number of rotatable bonds is 11. The van der Waals surface area contributed by atoms with Gasteiger partial charge in [0.05, 0.1) is 17.7 Å². The zero-order chi connectivity index (χ0) is 31.1. The second-order valence-corrected chi connectivity index (χ2v) is 14.0. The zero-order valence-electron chi connectivity index (χ0n) is 24.6. The molecule has 0 radical (unpaired) electrons. The number of benzene rings is 3. The summed E-state index contributed by atoms with van der Waals surface area (Å²) in [5, 5.41) is 3.39. The fourth-order valence-corrected chi connectivity index (χ4v) is 6.99. The Balaban J connectivity index is 1.72. The van der Waals surface area contributed by atoms with E-state index in [-0.39, 0.29) is 39.8 Å². The molecule has 0 aromatic heterocycles. The Morgan fingerprint density at radius 3 is 2.30 bits per heavy atom. The molecule has 1 unspecified atom stereocenters. The van der Waals surface area contributed by atoms with Crippen LogP contribution in [-0.4, -0.2) is 50.9 Å². The van der Waals surface area contributed by atoms with Crippen molar-refractivity contribution < 1.29 is 22.7 Å². The van der Waals surface area contributed by atoms with Crippen molar-refractivity contribution in [2.75, 3.05) is 18.0 Å². The number of aryl methyl sites for hydroxylation is 1. The molecule has 8 nitrogen and oxygen atoms in total. The fourth-order valence-electron chi connectivity index (χ4n) is 5.15. The number of ether oxygens (including phenoxy) is 1. The van der Waals surface area contributed by atoms with Crippen LogP contribution in [0.2, 0.25) is 5.02 Å². The lowest BCUT2D eigenvalue weighted by molar-refractivity contribution is -0.139. The van der Waals surface area contributed by atoms with Crippen molar-refractivity contribution >= 4 is 55.1 Å². The monoisotopic (exact) mass is 689 g/mol. The molecule has 1 saturated carbocycles. The van der Waals surface area contributed by atoms with E-state index < -0.39 is 28.5 Å². The molecule has 230 valence electrons. The highest BCUT2D eigenvalue weighted by Gasteiger charge is 2.34. The Morgan fingerprint density at radius 2 is 1.67 bits per heavy atom. The van der Waals surface area contributed by atoms with Crippen molar-refractivity contribution in [2.24, 2.45) is 0 Å². The van der Waals surface area contributed by atoms with Crippen molar-refractivity contribution in [3.05, 3.63) is 87.4 Å². The van der Waals surface area contributed by atoms with E-state index in [1.54, 1.807) is 31.2 Å². The Morgan fingerprint density at radius 1 is 1.02 bits per heavy atom. The molecule has 11 heteroatoms. The highest BCUT2D eigenvalue weighted by atomic mass is 79.9. The first-order valence-corrected chi connectivity index (χ1v) is 16.9. The molecule has 0 bridgehead atoms. The molecule has 0 saturated heterocycles. The third kappa shape index (κ3) is 8.31. The van der Waals surface area contributed by atoms with Crippen molar-refractivity contribution in [2.45, 2.75) is 69.5 Å². The molecule has 1 atom stereocenters. The normalized spacial score (nSPS) is 14.5. The minimum atomic E-state index is -4.26. The van der Waals surface area contributed by atoms with Gasteiger partial charge in [-0.15, -0.1) is 0 Å². The lowest BCUT2D eigenvalue weighted by Gasteiger charge is -2.33. The van der Waals surface area contributed by atoms with Gasteiger partial charge in [-0.1, -0.05) is 76.6 Å². The van der Waals surface area contributed by atoms with Gasteiger partial charge in [-0.3, -0.25) is 13.9 Å². The van der Waals surface area contributed by atoms with Crippen LogP contribution in [0, 0.1) is 6.92 Å². The van der Waals surface area contributed by atoms with E-state index in [0.29, 0.717) is 0 Å². The maximum absolute atomic E-state index is 14.2. The highest BCUT2D eigenvalue weighted by Crippen LogP contribution is 2.35. The van der Waals surface area contributed by atoms with Crippen molar-refractivity contribution in [1.82, 2.24) is 10.2 Å². The first kappa shape index (κ1) is 32.8. The summed E-state index contributed by atoms with van der Waals surface area (Å²) in [7, 11) is -2.84. The first-order chi connectivity index (χ1) is 20.5. The zero-order valence-corrected chi connectivity index (χ0v) is 27.7. The second-order valence-electron chi connectivity index (χ2n) is 10.8. The molecule has 4 rings (SSSR count). The predicted octanol–water partition coefficient (Wildman–Crippen LogP) is 6.48. The van der Waals surface area contributed by atoms with Gasteiger partial charge >= 0.3 is 0 Å². The van der Waals surface area contributed by atoms with Crippen LogP contribution in [0.3, 0.4) is 0 Å². The number of hydrogen-bond acceptors (Lipinski definition) is 5. The third-order valence-electron chi connectivity index (χ3n) is 7.68. The molecular weight excluding hydrogens is 654 g/mol. The third-order valence-corrected chi connectivity index (χ3v) is 10.2. The summed E-state index contributed by atoms with van der Waals surface area (Å²) in [6.45, 7) is 3.06. The van der Waals surface area contributed by atoms with Crippen LogP contribution >= 0.6 is 27.5 Å². The Kier molecular flexibility index (Phi) is 11.1. The van der Waals surface area contributed by atoms with E-state index in [1.165, 1.54) is 30.2 Å². The summed E-state index contributed by atoms with van der Waals surface area (Å²) < 4.78 is 35.6. The number of carbonyl (C=O) groups excluding carboxylic acids is 2. The number of nitrogens with one attached hydrogen (secondary N) is 1. The van der Waals surface area contributed by atoms with Crippen LogP contribution in [0.25, 0.3) is 0 Å². The van der Waals surface area contributed by atoms with Crippen molar-refractivity contribution in [3.8, 4) is 5.75 Å². The minimum absolute atomic E-state index is 0.00970. The van der Waals surface area contributed by atoms with Crippen LogP contribution in [-0.2, 0) is 26.2 Å². The van der Waals surface area contributed by atoms with Crippen molar-refractivity contribution in [1.29, 1.82) is 0 Å². The van der Waals surface area contributed by atoms with Gasteiger partial charge in [0.25, 0.3) is 10.0 Å². The molecule has 0 heterocycles. The summed E-state index contributed by atoms with van der Waals surface area (Å²) in [5.41, 5.74) is 1.80. The largest absolute Gasteiger partial charge is 0.495 e. The van der Waals surface area contributed by atoms with E-state index in [2.05, 4.69) is 21.2 Å². The summed E-state index contributed by atoms with van der Waals surface area (Å²) in [6, 6.07) is 17.6. The van der Waals surface area contributed by atoms with Gasteiger partial charge < -0.3 is 15.0 Å². The molecule has 1 N–H and O–H groups in total. The molecule has 2 amide bonds. The molecule has 0 aliphatic heterocycles. The number of carbonyl (C=O) groups is 2. The SMILES string of the molecule is COc1ccc(Cl)cc1N(CC(=O)N(Cc1ccc(Br)cc1)C(C)C(=O)NC1CCCCC1)S(=O)(=O)c1ccc(C)cc1. The van der Waals surface area contributed by atoms with E-state index in [1.807, 2.05) is 31.2 Å². The minimum Gasteiger partial charge on any atom is -0.495 e. The van der Waals surface area contributed by atoms with E-state index in [9.17, 15) is 18.0 Å². The molecular formula is C32H37BrClN3O5S. The van der Waals surface area contributed by atoms with Gasteiger partial charge in [-0.25, -0.2) is 8.42 Å². The van der Waals surface area contributed by atoms with Crippen molar-refractivity contribution in [3.63, 3.8) is 0 Å². The topological polar surface area (TPSA) is 96.0 Å². The van der Waals surface area contributed by atoms with Crippen LogP contribution in [0.15, 0.2) is 76.1 Å². The maximum Gasteiger partial charge on any atom is 0.264 e. The summed E-state index contributed by atoms with van der Waals surface area (Å²) >= 11 is 9.74. The van der Waals surface area contributed by atoms with Gasteiger partial charge in [0.15, 0.2) is 0 Å². The number of halogens is 2. The fraction of sp³-hybridized carbons (Fsp3) is 0.375. The second kappa shape index (κ2) is 14.6. The summed E-state index contributed by atoms with van der Waals surface area (Å²) in [6.07, 6.45) is 5.04. The molecule has 3 aromatic rings. The van der Waals surface area contributed by atoms with E-state index in [0.717, 1.165) is 52.0 Å². The maximum atomic E-state index is 14.2. The smallest absolute Gasteiger partial charge is 0.264 e. The number of sulfonamides is 1. The summed E-state index contributed by atoms with van der Waals surface area (Å²) in [5.74, 6) is -0.590. The average Bonchev–Trinajstić information content (AvgIpc) is 2.99. The van der Waals surface area contributed by atoms with Gasteiger partial charge in [-0.2, -0.15) is 0 Å². The van der Waals surface area contributed by atoms with E-state index >= 15 is 0 Å². The molecule has 3 aromatic carbocycles. The van der Waals surface area contributed by atoms with Crippen LogP contribution in [0.5, 0.6) is 5.75 Å². The molecule has 1 fully saturated rings. The van der Waals surface area contributed by atoms with Gasteiger partial charge in [0.1, 0.15) is 18.3 Å². The standard InChI is InChI=1S/C32H37BrClN3O5S/c1-22-9-16-28(17-10-22)43(40,41)37(29-19-26(34)15-18-30(29)42-3)21-31(38)36(20-24-11-13-25(33)14-12-24)23(2)32(39)35-27-7-5-4-6-8-27/h9-19,23,27H,4-8,20-21H2,1-3H3,(H,35,39). The van der Waals surface area contributed by atoms with Gasteiger partial charge in [-0.05, 0) is 74.7 Å². The number of methoxy groups -OCH3 is 1.